The summed E-state index contributed by atoms with van der Waals surface area (Å²) in [6.07, 6.45) is -3.73. The van der Waals surface area contributed by atoms with Crippen LogP contribution in [0.4, 0.5) is 13.2 Å². The molecule has 1 atom stereocenters. The molecule has 0 amide bonds. The van der Waals surface area contributed by atoms with Crippen LogP contribution in [0.5, 0.6) is 5.75 Å². The van der Waals surface area contributed by atoms with Gasteiger partial charge in [-0.1, -0.05) is 6.07 Å². The number of alkyl halides is 3. The van der Waals surface area contributed by atoms with E-state index in [1.807, 2.05) is 6.92 Å². The summed E-state index contributed by atoms with van der Waals surface area (Å²) >= 11 is 0. The Morgan fingerprint density at radius 3 is 2.66 bits per heavy atom. The van der Waals surface area contributed by atoms with Gasteiger partial charge in [0.25, 0.3) is 0 Å². The molecule has 32 heavy (non-hydrogen) atoms. The number of hydrogen-bond acceptors (Lipinski definition) is 4. The number of likely N-dealkylation sites (tertiary alicyclic amines) is 1. The van der Waals surface area contributed by atoms with Crippen molar-refractivity contribution in [3.8, 4) is 5.75 Å². The van der Waals surface area contributed by atoms with Crippen molar-refractivity contribution in [3.05, 3.63) is 29.3 Å². The third-order valence-corrected chi connectivity index (χ3v) is 4.86. The molecule has 6 nitrogen and oxygen atoms in total. The molecule has 1 aromatic rings. The summed E-state index contributed by atoms with van der Waals surface area (Å²) in [5, 5.41) is 3.20. The maximum atomic E-state index is 13.6. The average molecular weight is 573 g/mol. The smallest absolute Gasteiger partial charge is 0.416 e. The molecule has 0 bridgehead atoms. The van der Waals surface area contributed by atoms with Crippen LogP contribution in [0, 0.1) is 5.92 Å². The Morgan fingerprint density at radius 1 is 1.28 bits per heavy atom. The molecule has 1 aliphatic heterocycles. The zero-order chi connectivity index (χ0) is 22.9. The van der Waals surface area contributed by atoms with Crippen LogP contribution in [0.15, 0.2) is 23.2 Å². The Morgan fingerprint density at radius 2 is 2.03 bits per heavy atom. The van der Waals surface area contributed by atoms with Crippen LogP contribution in [0.2, 0.25) is 0 Å². The van der Waals surface area contributed by atoms with E-state index < -0.39 is 11.7 Å². The number of hydrogen-bond donors (Lipinski definition) is 1. The van der Waals surface area contributed by atoms with Gasteiger partial charge in [-0.3, -0.25) is 0 Å². The van der Waals surface area contributed by atoms with Crippen molar-refractivity contribution in [2.45, 2.75) is 46.0 Å². The van der Waals surface area contributed by atoms with E-state index in [0.29, 0.717) is 38.2 Å². The second-order valence-electron chi connectivity index (χ2n) is 7.82. The first kappa shape index (κ1) is 28.8. The third kappa shape index (κ3) is 9.30. The minimum atomic E-state index is -4.47. The molecule has 184 valence electrons. The van der Waals surface area contributed by atoms with Gasteiger partial charge in [-0.25, -0.2) is 4.99 Å². The Bertz CT molecular complexity index is 717. The van der Waals surface area contributed by atoms with Crippen LogP contribution in [0.3, 0.4) is 0 Å². The van der Waals surface area contributed by atoms with E-state index in [-0.39, 0.29) is 47.9 Å². The molecule has 0 saturated carbocycles. The van der Waals surface area contributed by atoms with Gasteiger partial charge in [0.2, 0.25) is 0 Å². The molecule has 0 radical (unpaired) electrons. The molecule has 10 heteroatoms. The number of rotatable bonds is 10. The Labute approximate surface area is 205 Å². The zero-order valence-corrected chi connectivity index (χ0v) is 21.5. The van der Waals surface area contributed by atoms with Gasteiger partial charge < -0.3 is 24.4 Å². The van der Waals surface area contributed by atoms with Crippen molar-refractivity contribution < 1.29 is 27.4 Å². The molecule has 1 aliphatic rings. The number of methoxy groups -OCH3 is 1. The lowest BCUT2D eigenvalue weighted by molar-refractivity contribution is -0.138. The molecule has 1 N–H and O–H groups in total. The molecule has 0 spiro atoms. The maximum absolute atomic E-state index is 13.6. The van der Waals surface area contributed by atoms with E-state index in [1.54, 1.807) is 27.0 Å². The van der Waals surface area contributed by atoms with Crippen LogP contribution in [-0.4, -0.2) is 63.5 Å². The molecule has 1 fully saturated rings. The van der Waals surface area contributed by atoms with Gasteiger partial charge >= 0.3 is 6.18 Å². The van der Waals surface area contributed by atoms with E-state index >= 15 is 0 Å². The minimum absolute atomic E-state index is 0. The fourth-order valence-corrected chi connectivity index (χ4v) is 3.44. The number of benzene rings is 1. The summed E-state index contributed by atoms with van der Waals surface area (Å²) in [7, 11) is 1.63. The van der Waals surface area contributed by atoms with Gasteiger partial charge in [-0.2, -0.15) is 13.2 Å². The van der Waals surface area contributed by atoms with Crippen LogP contribution in [-0.2, 0) is 22.2 Å². The van der Waals surface area contributed by atoms with Crippen LogP contribution in [0.25, 0.3) is 0 Å². The summed E-state index contributed by atoms with van der Waals surface area (Å²) in [5.41, 5.74) is -0.589. The molecular formula is C22H35F3IN3O3. The third-order valence-electron chi connectivity index (χ3n) is 4.86. The quantitative estimate of drug-likeness (QED) is 0.193. The first-order chi connectivity index (χ1) is 14.7. The standard InChI is InChI=1S/C22H34F3N3O3.HI/c1-5-26-21(28-9-8-17(14-28)15-30-11-10-29-4)27-13-18-6-7-19(31-16(2)3)12-20(18)22(23,24)25;/h6-7,12,16-17H,5,8-11,13-15H2,1-4H3,(H,26,27);1H. The van der Waals surface area contributed by atoms with Gasteiger partial charge in [0.15, 0.2) is 5.96 Å². The monoisotopic (exact) mass is 573 g/mol. The summed E-state index contributed by atoms with van der Waals surface area (Å²) in [6, 6.07) is 4.07. The highest BCUT2D eigenvalue weighted by molar-refractivity contribution is 14.0. The van der Waals surface area contributed by atoms with Gasteiger partial charge in [-0.15, -0.1) is 24.0 Å². The molecule has 1 heterocycles. The number of guanidine groups is 1. The highest BCUT2D eigenvalue weighted by Gasteiger charge is 2.34. The molecule has 2 rings (SSSR count). The van der Waals surface area contributed by atoms with Crippen LogP contribution >= 0.6 is 24.0 Å². The molecule has 1 aromatic carbocycles. The number of nitrogens with zero attached hydrogens (tertiary/aromatic N) is 2. The lowest BCUT2D eigenvalue weighted by Gasteiger charge is -2.22. The van der Waals surface area contributed by atoms with E-state index in [0.717, 1.165) is 25.6 Å². The molecule has 0 aliphatic carbocycles. The molecular weight excluding hydrogens is 538 g/mol. The Hall–Kier alpha value is -1.27. The van der Waals surface area contributed by atoms with Gasteiger partial charge in [0.1, 0.15) is 5.75 Å². The minimum Gasteiger partial charge on any atom is -0.491 e. The number of ether oxygens (including phenoxy) is 3. The predicted molar refractivity (Wildman–Crippen MR) is 130 cm³/mol. The van der Waals surface area contributed by atoms with Crippen molar-refractivity contribution in [2.24, 2.45) is 10.9 Å². The molecule has 1 unspecified atom stereocenters. The van der Waals surface area contributed by atoms with Gasteiger partial charge in [-0.05, 0) is 44.9 Å². The summed E-state index contributed by atoms with van der Waals surface area (Å²) in [4.78, 5) is 6.59. The van der Waals surface area contributed by atoms with Crippen LogP contribution in [0.1, 0.15) is 38.3 Å². The highest BCUT2D eigenvalue weighted by Crippen LogP contribution is 2.35. The molecule has 0 aromatic heterocycles. The lowest BCUT2D eigenvalue weighted by atomic mass is 10.1. The summed E-state index contributed by atoms with van der Waals surface area (Å²) in [6.45, 7) is 9.36. The number of nitrogens with one attached hydrogen (secondary N) is 1. The lowest BCUT2D eigenvalue weighted by Crippen LogP contribution is -2.40. The van der Waals surface area contributed by atoms with Crippen molar-refractivity contribution >= 4 is 29.9 Å². The van der Waals surface area contributed by atoms with E-state index in [1.165, 1.54) is 6.07 Å². The van der Waals surface area contributed by atoms with E-state index in [9.17, 15) is 13.2 Å². The summed E-state index contributed by atoms with van der Waals surface area (Å²) < 4.78 is 56.9. The van der Waals surface area contributed by atoms with Gasteiger partial charge in [0.05, 0.1) is 38.0 Å². The first-order valence-electron chi connectivity index (χ1n) is 10.7. The second kappa shape index (κ2) is 14.1. The zero-order valence-electron chi connectivity index (χ0n) is 19.2. The maximum Gasteiger partial charge on any atom is 0.416 e. The van der Waals surface area contributed by atoms with Gasteiger partial charge in [0, 0.05) is 32.7 Å². The fraction of sp³-hybridized carbons (Fsp3) is 0.682. The summed E-state index contributed by atoms with van der Waals surface area (Å²) in [5.74, 6) is 1.19. The van der Waals surface area contributed by atoms with Crippen molar-refractivity contribution in [2.75, 3.05) is 46.6 Å². The van der Waals surface area contributed by atoms with Crippen LogP contribution < -0.4 is 10.1 Å². The second-order valence-corrected chi connectivity index (χ2v) is 7.82. The van der Waals surface area contributed by atoms with Crippen molar-refractivity contribution in [1.29, 1.82) is 0 Å². The largest absolute Gasteiger partial charge is 0.491 e. The SMILES string of the molecule is CCNC(=NCc1ccc(OC(C)C)cc1C(F)(F)F)N1CCC(COCCOC)C1.I. The highest BCUT2D eigenvalue weighted by atomic mass is 127. The van der Waals surface area contributed by atoms with Crippen molar-refractivity contribution in [1.82, 2.24) is 10.2 Å². The van der Waals surface area contributed by atoms with E-state index in [2.05, 4.69) is 15.2 Å². The Balaban J connectivity index is 0.00000512. The number of aliphatic imine (C=N–C) groups is 1. The normalized spacial score (nSPS) is 16.9. The topological polar surface area (TPSA) is 55.3 Å². The van der Waals surface area contributed by atoms with Crippen molar-refractivity contribution in [3.63, 3.8) is 0 Å². The Kier molecular flexibility index (Phi) is 12.7. The average Bonchev–Trinajstić information content (AvgIpc) is 3.17. The molecule has 1 saturated heterocycles. The van der Waals surface area contributed by atoms with E-state index in [4.69, 9.17) is 14.2 Å². The number of halogens is 4. The predicted octanol–water partition coefficient (Wildman–Crippen LogP) is 4.56. The first-order valence-corrected chi connectivity index (χ1v) is 10.7. The fourth-order valence-electron chi connectivity index (χ4n) is 3.44.